The van der Waals surface area contributed by atoms with Gasteiger partial charge in [0.1, 0.15) is 21.3 Å². The molecule has 0 saturated heterocycles. The van der Waals surface area contributed by atoms with E-state index in [1.165, 1.54) is 0 Å². The highest BCUT2D eigenvalue weighted by atomic mass is 32.1. The summed E-state index contributed by atoms with van der Waals surface area (Å²) in [5.41, 5.74) is 11.4. The molecule has 1 rings (SSSR count). The SMILES string of the molecule is Cc1nc(=S)c(C(N)=S)c(N)[nH]1. The van der Waals surface area contributed by atoms with E-state index in [0.29, 0.717) is 21.8 Å². The summed E-state index contributed by atoms with van der Waals surface area (Å²) in [7, 11) is 0. The molecule has 1 heterocycles. The highest BCUT2D eigenvalue weighted by molar-refractivity contribution is 7.80. The zero-order valence-corrected chi connectivity index (χ0v) is 8.05. The molecule has 0 radical (unpaired) electrons. The Morgan fingerprint density at radius 3 is 2.58 bits per heavy atom. The Bertz CT molecular complexity index is 382. The minimum Gasteiger partial charge on any atom is -0.389 e. The number of nitrogens with zero attached hydrogens (tertiary/aromatic N) is 1. The van der Waals surface area contributed by atoms with Gasteiger partial charge in [-0.2, -0.15) is 0 Å². The summed E-state index contributed by atoms with van der Waals surface area (Å²) >= 11 is 9.68. The average molecular weight is 200 g/mol. The van der Waals surface area contributed by atoms with Gasteiger partial charge in [0, 0.05) is 0 Å². The van der Waals surface area contributed by atoms with Crippen LogP contribution in [0.5, 0.6) is 0 Å². The van der Waals surface area contributed by atoms with Gasteiger partial charge in [-0.05, 0) is 6.92 Å². The van der Waals surface area contributed by atoms with Crippen LogP contribution in [0.25, 0.3) is 0 Å². The number of aryl methyl sites for hydroxylation is 1. The van der Waals surface area contributed by atoms with Crippen LogP contribution >= 0.6 is 24.4 Å². The molecule has 0 aromatic carbocycles. The second kappa shape index (κ2) is 3.16. The van der Waals surface area contributed by atoms with E-state index in [9.17, 15) is 0 Å². The Hall–Kier alpha value is -1.01. The molecule has 0 saturated carbocycles. The van der Waals surface area contributed by atoms with E-state index < -0.39 is 0 Å². The van der Waals surface area contributed by atoms with E-state index in [1.54, 1.807) is 6.92 Å². The number of H-pyrrole nitrogens is 1. The minimum atomic E-state index is 0.168. The number of nitrogen functional groups attached to an aromatic ring is 1. The van der Waals surface area contributed by atoms with Gasteiger partial charge < -0.3 is 16.5 Å². The van der Waals surface area contributed by atoms with Crippen LogP contribution in [0.1, 0.15) is 11.4 Å². The molecule has 64 valence electrons. The van der Waals surface area contributed by atoms with Gasteiger partial charge in [0.15, 0.2) is 0 Å². The van der Waals surface area contributed by atoms with Crippen LogP contribution in [-0.4, -0.2) is 15.0 Å². The number of aromatic amines is 1. The maximum absolute atomic E-state index is 5.59. The quantitative estimate of drug-likeness (QED) is 0.580. The number of rotatable bonds is 1. The van der Waals surface area contributed by atoms with Gasteiger partial charge in [0.05, 0.1) is 5.56 Å². The molecule has 0 atom stereocenters. The number of anilines is 1. The van der Waals surface area contributed by atoms with E-state index in [2.05, 4.69) is 9.97 Å². The van der Waals surface area contributed by atoms with E-state index in [4.69, 9.17) is 35.9 Å². The number of aromatic nitrogens is 2. The van der Waals surface area contributed by atoms with E-state index in [-0.39, 0.29) is 4.99 Å². The molecule has 0 bridgehead atoms. The fraction of sp³-hybridized carbons (Fsp3) is 0.167. The summed E-state index contributed by atoms with van der Waals surface area (Å²) in [4.78, 5) is 6.93. The Labute approximate surface area is 80.0 Å². The zero-order valence-electron chi connectivity index (χ0n) is 6.42. The van der Waals surface area contributed by atoms with Crippen molar-refractivity contribution in [3.05, 3.63) is 16.0 Å². The Balaban J connectivity index is 3.49. The number of hydrogen-bond acceptors (Lipinski definition) is 4. The highest BCUT2D eigenvalue weighted by Gasteiger charge is 2.06. The molecule has 0 amide bonds. The van der Waals surface area contributed by atoms with Crippen molar-refractivity contribution in [1.82, 2.24) is 9.97 Å². The fourth-order valence-electron chi connectivity index (χ4n) is 0.847. The first-order valence-corrected chi connectivity index (χ1v) is 4.00. The van der Waals surface area contributed by atoms with Crippen LogP contribution in [0, 0.1) is 11.6 Å². The average Bonchev–Trinajstić information content (AvgIpc) is 1.82. The van der Waals surface area contributed by atoms with Gasteiger partial charge in [-0.1, -0.05) is 24.4 Å². The standard InChI is InChI=1S/C6H8N4S2/c1-2-9-4(7)3(5(8)11)6(12)10-2/h1H3,(H2,8,11)(H3,7,9,10,12). The molecule has 5 N–H and O–H groups in total. The maximum Gasteiger partial charge on any atom is 0.142 e. The summed E-state index contributed by atoms with van der Waals surface area (Å²) in [6, 6.07) is 0. The maximum atomic E-state index is 5.59. The molecule has 4 nitrogen and oxygen atoms in total. The van der Waals surface area contributed by atoms with Crippen molar-refractivity contribution in [3.63, 3.8) is 0 Å². The van der Waals surface area contributed by atoms with Crippen LogP contribution < -0.4 is 11.5 Å². The first-order chi connectivity index (χ1) is 5.52. The van der Waals surface area contributed by atoms with Crippen molar-refractivity contribution >= 4 is 35.2 Å². The lowest BCUT2D eigenvalue weighted by atomic mass is 10.3. The zero-order chi connectivity index (χ0) is 9.30. The second-order valence-electron chi connectivity index (χ2n) is 2.28. The first-order valence-electron chi connectivity index (χ1n) is 3.18. The predicted octanol–water partition coefficient (Wildman–Crippen LogP) is 0.664. The third kappa shape index (κ3) is 1.59. The molecule has 0 aliphatic heterocycles. The first kappa shape index (κ1) is 9.08. The monoisotopic (exact) mass is 200 g/mol. The molecular formula is C6H8N4S2. The smallest absolute Gasteiger partial charge is 0.142 e. The minimum absolute atomic E-state index is 0.168. The Morgan fingerprint density at radius 2 is 2.17 bits per heavy atom. The lowest BCUT2D eigenvalue weighted by molar-refractivity contribution is 1.04. The van der Waals surface area contributed by atoms with Crippen molar-refractivity contribution in [2.45, 2.75) is 6.92 Å². The van der Waals surface area contributed by atoms with Crippen LogP contribution in [0.3, 0.4) is 0 Å². The van der Waals surface area contributed by atoms with E-state index >= 15 is 0 Å². The van der Waals surface area contributed by atoms with Gasteiger partial charge in [-0.3, -0.25) is 0 Å². The summed E-state index contributed by atoms with van der Waals surface area (Å²) in [5.74, 6) is 1.03. The van der Waals surface area contributed by atoms with E-state index in [0.717, 1.165) is 0 Å². The molecule has 1 aromatic rings. The molecule has 0 aliphatic rings. The summed E-state index contributed by atoms with van der Waals surface area (Å²) < 4.78 is 0.344. The Morgan fingerprint density at radius 1 is 1.58 bits per heavy atom. The number of nitrogens with one attached hydrogen (secondary N) is 1. The lowest BCUT2D eigenvalue weighted by Gasteiger charge is -2.03. The van der Waals surface area contributed by atoms with Gasteiger partial charge in [0.25, 0.3) is 0 Å². The van der Waals surface area contributed by atoms with Crippen LogP contribution in [0.4, 0.5) is 5.82 Å². The predicted molar refractivity (Wildman–Crippen MR) is 54.5 cm³/mol. The van der Waals surface area contributed by atoms with Crippen molar-refractivity contribution in [3.8, 4) is 0 Å². The second-order valence-corrected chi connectivity index (χ2v) is 3.11. The summed E-state index contributed by atoms with van der Waals surface area (Å²) in [6.45, 7) is 1.76. The molecule has 6 heteroatoms. The third-order valence-corrected chi connectivity index (χ3v) is 1.81. The van der Waals surface area contributed by atoms with Gasteiger partial charge in [0.2, 0.25) is 0 Å². The molecule has 0 spiro atoms. The largest absolute Gasteiger partial charge is 0.389 e. The lowest BCUT2D eigenvalue weighted by Crippen LogP contribution is -2.15. The molecule has 1 aromatic heterocycles. The van der Waals surface area contributed by atoms with Crippen molar-refractivity contribution in [2.24, 2.45) is 5.73 Å². The van der Waals surface area contributed by atoms with Gasteiger partial charge in [-0.15, -0.1) is 0 Å². The molecule has 0 fully saturated rings. The fourth-order valence-corrected chi connectivity index (χ4v) is 1.47. The summed E-state index contributed by atoms with van der Waals surface area (Å²) in [6.07, 6.45) is 0. The van der Waals surface area contributed by atoms with Gasteiger partial charge >= 0.3 is 0 Å². The molecule has 0 aliphatic carbocycles. The third-order valence-electron chi connectivity index (χ3n) is 1.31. The number of hydrogen-bond donors (Lipinski definition) is 3. The number of thiocarbonyl (C=S) groups is 1. The summed E-state index contributed by atoms with van der Waals surface area (Å²) in [5, 5.41) is 0. The normalized spacial score (nSPS) is 9.75. The van der Waals surface area contributed by atoms with Crippen molar-refractivity contribution < 1.29 is 0 Å². The molecular weight excluding hydrogens is 192 g/mol. The molecule has 0 unspecified atom stereocenters. The van der Waals surface area contributed by atoms with Crippen molar-refractivity contribution in [1.29, 1.82) is 0 Å². The van der Waals surface area contributed by atoms with Crippen molar-refractivity contribution in [2.75, 3.05) is 5.73 Å². The van der Waals surface area contributed by atoms with E-state index in [1.807, 2.05) is 0 Å². The van der Waals surface area contributed by atoms with Crippen LogP contribution in [-0.2, 0) is 0 Å². The topological polar surface area (TPSA) is 80.7 Å². The number of nitrogens with two attached hydrogens (primary N) is 2. The van der Waals surface area contributed by atoms with Crippen LogP contribution in [0.15, 0.2) is 0 Å². The highest BCUT2D eigenvalue weighted by Crippen LogP contribution is 2.08. The van der Waals surface area contributed by atoms with Crippen LogP contribution in [0.2, 0.25) is 0 Å². The molecule has 12 heavy (non-hydrogen) atoms. The van der Waals surface area contributed by atoms with Gasteiger partial charge in [-0.25, -0.2) is 4.98 Å². The Kier molecular flexibility index (Phi) is 2.39.